The van der Waals surface area contributed by atoms with E-state index in [-0.39, 0.29) is 0 Å². The highest BCUT2D eigenvalue weighted by Crippen LogP contribution is 2.30. The molecule has 1 aliphatic rings. The Morgan fingerprint density at radius 2 is 2.17 bits per heavy atom. The van der Waals surface area contributed by atoms with Crippen molar-refractivity contribution in [1.29, 1.82) is 5.26 Å². The lowest BCUT2D eigenvalue weighted by molar-refractivity contribution is 0.683. The molecule has 0 aromatic carbocycles. The summed E-state index contributed by atoms with van der Waals surface area (Å²) in [6.45, 7) is 0. The molecule has 0 radical (unpaired) electrons. The Kier molecular flexibility index (Phi) is 2.95. The zero-order chi connectivity index (χ0) is 12.4. The van der Waals surface area contributed by atoms with E-state index in [1.54, 1.807) is 23.6 Å². The molecular formula is C13H12N4S. The van der Waals surface area contributed by atoms with Crippen molar-refractivity contribution < 1.29 is 0 Å². The standard InChI is InChI=1S/C13H12N4S/c14-7-9-5-6-10(8-15-9)16-13-17-11-3-1-2-4-12(11)18-13/h5-6,8H,1-4H2,(H,16,17). The van der Waals surface area contributed by atoms with Gasteiger partial charge in [-0.2, -0.15) is 5.26 Å². The van der Waals surface area contributed by atoms with Gasteiger partial charge in [0.1, 0.15) is 11.8 Å². The summed E-state index contributed by atoms with van der Waals surface area (Å²) in [4.78, 5) is 10.0. The highest BCUT2D eigenvalue weighted by atomic mass is 32.1. The molecule has 90 valence electrons. The molecule has 0 aliphatic heterocycles. The molecule has 4 nitrogen and oxygen atoms in total. The van der Waals surface area contributed by atoms with Gasteiger partial charge in [-0.1, -0.05) is 0 Å². The Morgan fingerprint density at radius 3 is 2.89 bits per heavy atom. The van der Waals surface area contributed by atoms with Crippen molar-refractivity contribution in [2.45, 2.75) is 25.7 Å². The SMILES string of the molecule is N#Cc1ccc(Nc2nc3c(s2)CCCC3)cn1. The van der Waals surface area contributed by atoms with Crippen molar-refractivity contribution in [2.75, 3.05) is 5.32 Å². The number of pyridine rings is 1. The maximum atomic E-state index is 8.69. The van der Waals surface area contributed by atoms with Gasteiger partial charge < -0.3 is 5.32 Å². The van der Waals surface area contributed by atoms with Gasteiger partial charge in [-0.05, 0) is 37.8 Å². The minimum Gasteiger partial charge on any atom is -0.330 e. The van der Waals surface area contributed by atoms with Crippen LogP contribution in [0.15, 0.2) is 18.3 Å². The first-order valence-corrected chi connectivity index (χ1v) is 6.78. The highest BCUT2D eigenvalue weighted by Gasteiger charge is 2.14. The molecule has 0 atom stereocenters. The lowest BCUT2D eigenvalue weighted by Crippen LogP contribution is -1.99. The van der Waals surface area contributed by atoms with E-state index in [1.807, 2.05) is 12.1 Å². The summed E-state index contributed by atoms with van der Waals surface area (Å²) in [6, 6.07) is 5.56. The van der Waals surface area contributed by atoms with Crippen LogP contribution in [0.5, 0.6) is 0 Å². The van der Waals surface area contributed by atoms with Gasteiger partial charge in [-0.15, -0.1) is 11.3 Å². The Hall–Kier alpha value is -1.93. The smallest absolute Gasteiger partial charge is 0.187 e. The number of hydrogen-bond donors (Lipinski definition) is 1. The minimum atomic E-state index is 0.430. The van der Waals surface area contributed by atoms with Crippen LogP contribution in [-0.4, -0.2) is 9.97 Å². The number of anilines is 2. The van der Waals surface area contributed by atoms with Gasteiger partial charge >= 0.3 is 0 Å². The van der Waals surface area contributed by atoms with E-state index in [2.05, 4.69) is 15.3 Å². The molecule has 0 saturated carbocycles. The maximum Gasteiger partial charge on any atom is 0.187 e. The van der Waals surface area contributed by atoms with Gasteiger partial charge in [0.15, 0.2) is 5.13 Å². The molecule has 0 bridgehead atoms. The topological polar surface area (TPSA) is 61.6 Å². The summed E-state index contributed by atoms with van der Waals surface area (Å²) in [6.07, 6.45) is 6.43. The molecule has 3 rings (SSSR count). The molecule has 0 saturated heterocycles. The molecule has 0 unspecified atom stereocenters. The Balaban J connectivity index is 1.79. The van der Waals surface area contributed by atoms with Crippen LogP contribution < -0.4 is 5.32 Å². The first-order chi connectivity index (χ1) is 8.85. The minimum absolute atomic E-state index is 0.430. The fourth-order valence-electron chi connectivity index (χ4n) is 2.06. The van der Waals surface area contributed by atoms with E-state index in [1.165, 1.54) is 23.4 Å². The quantitative estimate of drug-likeness (QED) is 0.897. The molecule has 2 aromatic heterocycles. The van der Waals surface area contributed by atoms with Crippen LogP contribution >= 0.6 is 11.3 Å². The second-order valence-corrected chi connectivity index (χ2v) is 5.35. The zero-order valence-corrected chi connectivity index (χ0v) is 10.6. The lowest BCUT2D eigenvalue weighted by atomic mass is 10.0. The molecule has 2 heterocycles. The van der Waals surface area contributed by atoms with Crippen molar-refractivity contribution >= 4 is 22.2 Å². The van der Waals surface area contributed by atoms with Crippen molar-refractivity contribution in [3.8, 4) is 6.07 Å². The van der Waals surface area contributed by atoms with Gasteiger partial charge in [-0.25, -0.2) is 9.97 Å². The largest absolute Gasteiger partial charge is 0.330 e. The van der Waals surface area contributed by atoms with Crippen molar-refractivity contribution in [2.24, 2.45) is 0 Å². The van der Waals surface area contributed by atoms with Gasteiger partial charge in [0.2, 0.25) is 0 Å². The third-order valence-electron chi connectivity index (χ3n) is 2.97. The average Bonchev–Trinajstić information content (AvgIpc) is 2.82. The molecule has 0 fully saturated rings. The third kappa shape index (κ3) is 2.20. The second kappa shape index (κ2) is 4.75. The molecule has 2 aromatic rings. The van der Waals surface area contributed by atoms with Crippen LogP contribution in [0.1, 0.15) is 29.1 Å². The molecule has 0 amide bonds. The Labute approximate surface area is 109 Å². The molecule has 0 spiro atoms. The van der Waals surface area contributed by atoms with E-state index < -0.39 is 0 Å². The number of fused-ring (bicyclic) bond motifs is 1. The van der Waals surface area contributed by atoms with Gasteiger partial charge in [0.05, 0.1) is 17.6 Å². The van der Waals surface area contributed by atoms with Crippen LogP contribution in [0.25, 0.3) is 0 Å². The van der Waals surface area contributed by atoms with E-state index in [9.17, 15) is 0 Å². The maximum absolute atomic E-state index is 8.69. The predicted octanol–water partition coefficient (Wildman–Crippen LogP) is 3.03. The third-order valence-corrected chi connectivity index (χ3v) is 4.05. The molecule has 1 N–H and O–H groups in total. The summed E-state index contributed by atoms with van der Waals surface area (Å²) < 4.78 is 0. The predicted molar refractivity (Wildman–Crippen MR) is 71.0 cm³/mol. The lowest BCUT2D eigenvalue weighted by Gasteiger charge is -2.06. The number of aromatic nitrogens is 2. The average molecular weight is 256 g/mol. The molecule has 18 heavy (non-hydrogen) atoms. The number of nitriles is 1. The summed E-state index contributed by atoms with van der Waals surface area (Å²) in [7, 11) is 0. The Morgan fingerprint density at radius 1 is 1.28 bits per heavy atom. The summed E-state index contributed by atoms with van der Waals surface area (Å²) in [5, 5.41) is 12.9. The first-order valence-electron chi connectivity index (χ1n) is 5.97. The van der Waals surface area contributed by atoms with Gasteiger partial charge in [0.25, 0.3) is 0 Å². The van der Waals surface area contributed by atoms with E-state index in [4.69, 9.17) is 5.26 Å². The first kappa shape index (κ1) is 11.2. The van der Waals surface area contributed by atoms with Gasteiger partial charge in [0, 0.05) is 4.88 Å². The monoisotopic (exact) mass is 256 g/mol. The number of nitrogens with zero attached hydrogens (tertiary/aromatic N) is 3. The molecular weight excluding hydrogens is 244 g/mol. The second-order valence-electron chi connectivity index (χ2n) is 4.26. The molecule has 1 aliphatic carbocycles. The fraction of sp³-hybridized carbons (Fsp3) is 0.308. The number of hydrogen-bond acceptors (Lipinski definition) is 5. The van der Waals surface area contributed by atoms with Crippen LogP contribution in [-0.2, 0) is 12.8 Å². The van der Waals surface area contributed by atoms with Gasteiger partial charge in [-0.3, -0.25) is 0 Å². The number of thiazole rings is 1. The normalized spacial score (nSPS) is 13.7. The summed E-state index contributed by atoms with van der Waals surface area (Å²) in [5.41, 5.74) is 2.55. The van der Waals surface area contributed by atoms with Crippen molar-refractivity contribution in [3.05, 3.63) is 34.6 Å². The van der Waals surface area contributed by atoms with Crippen LogP contribution in [0.4, 0.5) is 10.8 Å². The van der Waals surface area contributed by atoms with Crippen LogP contribution in [0, 0.1) is 11.3 Å². The van der Waals surface area contributed by atoms with Crippen LogP contribution in [0.2, 0.25) is 0 Å². The number of nitrogens with one attached hydrogen (secondary N) is 1. The highest BCUT2D eigenvalue weighted by molar-refractivity contribution is 7.15. The number of aryl methyl sites for hydroxylation is 2. The Bertz CT molecular complexity index is 571. The van der Waals surface area contributed by atoms with E-state index >= 15 is 0 Å². The van der Waals surface area contributed by atoms with Crippen LogP contribution in [0.3, 0.4) is 0 Å². The summed E-state index contributed by atoms with van der Waals surface area (Å²) >= 11 is 1.73. The zero-order valence-electron chi connectivity index (χ0n) is 9.81. The van der Waals surface area contributed by atoms with E-state index in [0.717, 1.165) is 23.7 Å². The fourth-order valence-corrected chi connectivity index (χ4v) is 3.13. The molecule has 5 heteroatoms. The number of rotatable bonds is 2. The van der Waals surface area contributed by atoms with E-state index in [0.29, 0.717) is 5.69 Å². The van der Waals surface area contributed by atoms with Crippen molar-refractivity contribution in [3.63, 3.8) is 0 Å². The van der Waals surface area contributed by atoms with Crippen molar-refractivity contribution in [1.82, 2.24) is 9.97 Å². The summed E-state index contributed by atoms with van der Waals surface area (Å²) in [5.74, 6) is 0.